The Bertz CT molecular complexity index is 468. The third kappa shape index (κ3) is 2.28. The number of sulfone groups is 1. The zero-order valence-electron chi connectivity index (χ0n) is 9.43. The third-order valence-corrected chi connectivity index (χ3v) is 4.10. The maximum atomic E-state index is 11.9. The van der Waals surface area contributed by atoms with Gasteiger partial charge in [0.05, 0.1) is 14.2 Å². The van der Waals surface area contributed by atoms with Gasteiger partial charge in [-0.25, -0.2) is 8.42 Å². The molecule has 0 aliphatic heterocycles. The molecule has 6 heteroatoms. The number of hydrogen-bond acceptors (Lipinski definition) is 5. The van der Waals surface area contributed by atoms with E-state index in [-0.39, 0.29) is 10.6 Å². The highest BCUT2D eigenvalue weighted by Gasteiger charge is 2.24. The van der Waals surface area contributed by atoms with Crippen molar-refractivity contribution in [2.45, 2.75) is 17.2 Å². The molecule has 0 saturated carbocycles. The predicted octanol–water partition coefficient (Wildman–Crippen LogP) is 0.782. The van der Waals surface area contributed by atoms with Gasteiger partial charge in [-0.2, -0.15) is 0 Å². The van der Waals surface area contributed by atoms with Crippen molar-refractivity contribution in [2.24, 2.45) is 5.73 Å². The van der Waals surface area contributed by atoms with Gasteiger partial charge in [0.15, 0.2) is 9.84 Å². The molecular formula is C10H15NO4S. The first-order valence-electron chi connectivity index (χ1n) is 4.65. The molecule has 5 nitrogen and oxygen atoms in total. The normalized spacial score (nSPS) is 13.2. The number of hydrogen-bond donors (Lipinski definition) is 1. The second-order valence-corrected chi connectivity index (χ2v) is 5.54. The van der Waals surface area contributed by atoms with Crippen LogP contribution < -0.4 is 15.2 Å². The van der Waals surface area contributed by atoms with E-state index in [1.54, 1.807) is 6.07 Å². The second kappa shape index (κ2) is 4.71. The van der Waals surface area contributed by atoms with E-state index in [1.165, 1.54) is 33.3 Å². The van der Waals surface area contributed by atoms with Gasteiger partial charge >= 0.3 is 0 Å². The van der Waals surface area contributed by atoms with E-state index in [2.05, 4.69) is 0 Å². The third-order valence-electron chi connectivity index (χ3n) is 2.17. The minimum Gasteiger partial charge on any atom is -0.497 e. The Morgan fingerprint density at radius 3 is 2.31 bits per heavy atom. The SMILES string of the molecule is COc1ccc(S(=O)(=O)C(C)N)c(OC)c1. The maximum Gasteiger partial charge on any atom is 0.197 e. The van der Waals surface area contributed by atoms with Crippen LogP contribution in [0.25, 0.3) is 0 Å². The van der Waals surface area contributed by atoms with Crippen molar-refractivity contribution < 1.29 is 17.9 Å². The molecule has 1 rings (SSSR count). The molecule has 90 valence electrons. The van der Waals surface area contributed by atoms with Gasteiger partial charge in [-0.1, -0.05) is 0 Å². The Labute approximate surface area is 95.1 Å². The van der Waals surface area contributed by atoms with E-state index < -0.39 is 15.2 Å². The Hall–Kier alpha value is -1.27. The van der Waals surface area contributed by atoms with Crippen LogP contribution in [-0.4, -0.2) is 28.0 Å². The van der Waals surface area contributed by atoms with Crippen molar-refractivity contribution in [3.05, 3.63) is 18.2 Å². The summed E-state index contributed by atoms with van der Waals surface area (Å²) in [6.45, 7) is 1.42. The molecule has 0 spiro atoms. The monoisotopic (exact) mass is 245 g/mol. The second-order valence-electron chi connectivity index (χ2n) is 3.27. The summed E-state index contributed by atoms with van der Waals surface area (Å²) in [5, 5.41) is -0.977. The maximum absolute atomic E-state index is 11.9. The zero-order chi connectivity index (χ0) is 12.3. The highest BCUT2D eigenvalue weighted by molar-refractivity contribution is 7.92. The minimum absolute atomic E-state index is 0.0748. The molecule has 1 atom stereocenters. The lowest BCUT2D eigenvalue weighted by Gasteiger charge is -2.12. The molecule has 0 bridgehead atoms. The van der Waals surface area contributed by atoms with E-state index >= 15 is 0 Å². The highest BCUT2D eigenvalue weighted by Crippen LogP contribution is 2.29. The topological polar surface area (TPSA) is 78.6 Å². The molecule has 0 fully saturated rings. The molecule has 0 heterocycles. The Morgan fingerprint density at radius 2 is 1.88 bits per heavy atom. The van der Waals surface area contributed by atoms with Crippen molar-refractivity contribution in [3.63, 3.8) is 0 Å². The number of benzene rings is 1. The first-order valence-corrected chi connectivity index (χ1v) is 6.19. The lowest BCUT2D eigenvalue weighted by molar-refractivity contribution is 0.386. The number of ether oxygens (including phenoxy) is 2. The average Bonchev–Trinajstić information content (AvgIpc) is 2.27. The van der Waals surface area contributed by atoms with Gasteiger partial charge in [0.2, 0.25) is 0 Å². The van der Waals surface area contributed by atoms with Crippen LogP contribution in [-0.2, 0) is 9.84 Å². The summed E-state index contributed by atoms with van der Waals surface area (Å²) in [5.41, 5.74) is 5.42. The van der Waals surface area contributed by atoms with Crippen LogP contribution in [0, 0.1) is 0 Å². The Morgan fingerprint density at radius 1 is 1.25 bits per heavy atom. The van der Waals surface area contributed by atoms with E-state index in [0.29, 0.717) is 5.75 Å². The molecule has 0 aliphatic carbocycles. The van der Waals surface area contributed by atoms with Crippen LogP contribution in [0.3, 0.4) is 0 Å². The first kappa shape index (κ1) is 12.8. The van der Waals surface area contributed by atoms with Gasteiger partial charge in [0, 0.05) is 6.07 Å². The number of nitrogens with two attached hydrogens (primary N) is 1. The molecule has 0 aromatic heterocycles. The molecule has 1 unspecified atom stereocenters. The van der Waals surface area contributed by atoms with Crippen molar-refractivity contribution in [1.29, 1.82) is 0 Å². The molecule has 0 amide bonds. The van der Waals surface area contributed by atoms with Crippen molar-refractivity contribution >= 4 is 9.84 Å². The highest BCUT2D eigenvalue weighted by atomic mass is 32.2. The summed E-state index contributed by atoms with van der Waals surface area (Å²) in [6.07, 6.45) is 0. The lowest BCUT2D eigenvalue weighted by atomic mass is 10.3. The van der Waals surface area contributed by atoms with Gasteiger partial charge in [-0.3, -0.25) is 0 Å². The van der Waals surface area contributed by atoms with Crippen molar-refractivity contribution in [1.82, 2.24) is 0 Å². The van der Waals surface area contributed by atoms with E-state index in [9.17, 15) is 8.42 Å². The summed E-state index contributed by atoms with van der Waals surface area (Å²) in [5.74, 6) is 0.761. The van der Waals surface area contributed by atoms with Gasteiger partial charge in [-0.05, 0) is 19.1 Å². The average molecular weight is 245 g/mol. The van der Waals surface area contributed by atoms with Crippen LogP contribution in [0.1, 0.15) is 6.92 Å². The van der Waals surface area contributed by atoms with Gasteiger partial charge < -0.3 is 15.2 Å². The Kier molecular flexibility index (Phi) is 3.77. The molecule has 0 aliphatic rings. The van der Waals surface area contributed by atoms with Crippen LogP contribution in [0.2, 0.25) is 0 Å². The molecule has 2 N–H and O–H groups in total. The fourth-order valence-electron chi connectivity index (χ4n) is 1.21. The Balaban J connectivity index is 3.35. The van der Waals surface area contributed by atoms with Crippen LogP contribution in [0.5, 0.6) is 11.5 Å². The lowest BCUT2D eigenvalue weighted by Crippen LogP contribution is -2.27. The minimum atomic E-state index is -3.55. The summed E-state index contributed by atoms with van der Waals surface area (Å²) in [4.78, 5) is 0.0748. The number of rotatable bonds is 4. The van der Waals surface area contributed by atoms with Gasteiger partial charge in [0.1, 0.15) is 21.8 Å². The van der Waals surface area contributed by atoms with E-state index in [0.717, 1.165) is 0 Å². The van der Waals surface area contributed by atoms with Gasteiger partial charge in [-0.15, -0.1) is 0 Å². The number of methoxy groups -OCH3 is 2. The summed E-state index contributed by atoms with van der Waals surface area (Å²) < 4.78 is 33.7. The molecule has 16 heavy (non-hydrogen) atoms. The van der Waals surface area contributed by atoms with Gasteiger partial charge in [0.25, 0.3) is 0 Å². The molecule has 0 radical (unpaired) electrons. The zero-order valence-corrected chi connectivity index (χ0v) is 10.2. The molecular weight excluding hydrogens is 230 g/mol. The fourth-order valence-corrected chi connectivity index (χ4v) is 2.29. The summed E-state index contributed by atoms with van der Waals surface area (Å²) >= 11 is 0. The van der Waals surface area contributed by atoms with Crippen molar-refractivity contribution in [2.75, 3.05) is 14.2 Å². The van der Waals surface area contributed by atoms with Crippen LogP contribution in [0.15, 0.2) is 23.1 Å². The molecule has 0 saturated heterocycles. The smallest absolute Gasteiger partial charge is 0.197 e. The summed E-state index contributed by atoms with van der Waals surface area (Å²) in [6, 6.07) is 4.49. The largest absolute Gasteiger partial charge is 0.497 e. The van der Waals surface area contributed by atoms with Crippen LogP contribution in [0.4, 0.5) is 0 Å². The van der Waals surface area contributed by atoms with Crippen molar-refractivity contribution in [3.8, 4) is 11.5 Å². The van der Waals surface area contributed by atoms with E-state index in [4.69, 9.17) is 15.2 Å². The quantitative estimate of drug-likeness (QED) is 0.848. The fraction of sp³-hybridized carbons (Fsp3) is 0.400. The molecule has 1 aromatic rings. The standard InChI is InChI=1S/C10H15NO4S/c1-7(11)16(12,13)10-5-4-8(14-2)6-9(10)15-3/h4-7H,11H2,1-3H3. The molecule has 1 aromatic carbocycles. The predicted molar refractivity (Wildman–Crippen MR) is 60.4 cm³/mol. The summed E-state index contributed by atoms with van der Waals surface area (Å²) in [7, 11) is -0.655. The van der Waals surface area contributed by atoms with E-state index in [1.807, 2.05) is 0 Å². The van der Waals surface area contributed by atoms with Crippen LogP contribution >= 0.6 is 0 Å². The first-order chi connectivity index (χ1) is 7.43.